The van der Waals surface area contributed by atoms with Crippen molar-refractivity contribution in [3.8, 4) is 0 Å². The van der Waals surface area contributed by atoms with Crippen LogP contribution in [0.25, 0.3) is 0 Å². The van der Waals surface area contributed by atoms with E-state index in [-0.39, 0.29) is 11.4 Å². The normalized spacial score (nSPS) is 36.7. The summed E-state index contributed by atoms with van der Waals surface area (Å²) >= 11 is 0. The van der Waals surface area contributed by atoms with Crippen LogP contribution in [-0.4, -0.2) is 17.6 Å². The topological polar surface area (TPSA) is 52.3 Å². The molecule has 80 valence electrons. The largest absolute Gasteiger partial charge is 0.459 e. The molecule has 0 saturated heterocycles. The predicted molar refractivity (Wildman–Crippen MR) is 53.6 cm³/mol. The molecule has 3 nitrogen and oxygen atoms in total. The van der Waals surface area contributed by atoms with E-state index in [9.17, 15) is 4.79 Å². The Hall–Kier alpha value is -0.570. The van der Waals surface area contributed by atoms with Gasteiger partial charge in [-0.2, -0.15) is 0 Å². The molecule has 0 aromatic rings. The Morgan fingerprint density at radius 1 is 1.43 bits per heavy atom. The summed E-state index contributed by atoms with van der Waals surface area (Å²) in [6, 6.07) is -0.397. The first-order chi connectivity index (χ1) is 6.32. The van der Waals surface area contributed by atoms with Gasteiger partial charge in [-0.15, -0.1) is 0 Å². The second kappa shape index (κ2) is 2.72. The quantitative estimate of drug-likeness (QED) is 0.682. The highest BCUT2D eigenvalue weighted by molar-refractivity contribution is 5.77. The molecule has 0 aromatic heterocycles. The van der Waals surface area contributed by atoms with Crippen molar-refractivity contribution in [3.63, 3.8) is 0 Å². The zero-order chi connectivity index (χ0) is 10.6. The number of esters is 1. The Balaban J connectivity index is 1.91. The van der Waals surface area contributed by atoms with Gasteiger partial charge in [0.25, 0.3) is 0 Å². The number of nitrogens with two attached hydrogens (primary N) is 1. The Bertz CT molecular complexity index is 250. The maximum atomic E-state index is 11.7. The standard InChI is InChI=1S/C11H19NO2/c1-10(2,3)14-9(13)8(12)11-4-7(5-11)6-11/h7-8H,4-6,12H2,1-3H3/t7?,8-,11?/m1/s1. The second-order valence-corrected chi connectivity index (χ2v) is 5.85. The maximum Gasteiger partial charge on any atom is 0.324 e. The summed E-state index contributed by atoms with van der Waals surface area (Å²) in [6.07, 6.45) is 3.40. The van der Waals surface area contributed by atoms with E-state index in [1.165, 1.54) is 0 Å². The molecule has 0 amide bonds. The molecule has 0 radical (unpaired) electrons. The number of hydrogen-bond donors (Lipinski definition) is 1. The van der Waals surface area contributed by atoms with Crippen molar-refractivity contribution in [1.82, 2.24) is 0 Å². The van der Waals surface area contributed by atoms with E-state index in [4.69, 9.17) is 10.5 Å². The highest BCUT2D eigenvalue weighted by Crippen LogP contribution is 2.65. The van der Waals surface area contributed by atoms with Crippen molar-refractivity contribution in [2.24, 2.45) is 17.1 Å². The van der Waals surface area contributed by atoms with Gasteiger partial charge in [-0.25, -0.2) is 0 Å². The summed E-state index contributed by atoms with van der Waals surface area (Å²) in [5.74, 6) is 0.624. The minimum Gasteiger partial charge on any atom is -0.459 e. The van der Waals surface area contributed by atoms with E-state index in [1.54, 1.807) is 0 Å². The zero-order valence-electron chi connectivity index (χ0n) is 9.17. The Labute approximate surface area is 85.0 Å². The van der Waals surface area contributed by atoms with E-state index in [1.807, 2.05) is 20.8 Å². The minimum atomic E-state index is -0.418. The van der Waals surface area contributed by atoms with Crippen molar-refractivity contribution in [3.05, 3.63) is 0 Å². The van der Waals surface area contributed by atoms with E-state index in [2.05, 4.69) is 0 Å². The molecule has 3 rings (SSSR count). The lowest BCUT2D eigenvalue weighted by Gasteiger charge is -2.63. The molecule has 3 aliphatic rings. The van der Waals surface area contributed by atoms with Crippen LogP contribution in [0.1, 0.15) is 40.0 Å². The average Bonchev–Trinajstić information content (AvgIpc) is 1.75. The maximum absolute atomic E-state index is 11.7. The zero-order valence-corrected chi connectivity index (χ0v) is 9.17. The Kier molecular flexibility index (Phi) is 1.94. The summed E-state index contributed by atoms with van der Waals surface area (Å²) in [4.78, 5) is 11.7. The molecular formula is C11H19NO2. The van der Waals surface area contributed by atoms with Crippen LogP contribution in [0.3, 0.4) is 0 Å². The fourth-order valence-electron chi connectivity index (χ4n) is 2.54. The first kappa shape index (κ1) is 9.97. The third kappa shape index (κ3) is 1.44. The fourth-order valence-corrected chi connectivity index (χ4v) is 2.54. The van der Waals surface area contributed by atoms with Gasteiger partial charge >= 0.3 is 5.97 Å². The third-order valence-corrected chi connectivity index (χ3v) is 3.41. The first-order valence-electron chi connectivity index (χ1n) is 5.31. The molecule has 1 atom stereocenters. The molecule has 0 aromatic carbocycles. The number of rotatable bonds is 2. The van der Waals surface area contributed by atoms with Gasteiger partial charge < -0.3 is 10.5 Å². The smallest absolute Gasteiger partial charge is 0.324 e. The molecule has 3 saturated carbocycles. The van der Waals surface area contributed by atoms with Crippen LogP contribution >= 0.6 is 0 Å². The van der Waals surface area contributed by atoms with Crippen LogP contribution in [0.4, 0.5) is 0 Å². The molecular weight excluding hydrogens is 178 g/mol. The number of carbonyl (C=O) groups excluding carboxylic acids is 1. The van der Waals surface area contributed by atoms with Crippen LogP contribution < -0.4 is 5.73 Å². The first-order valence-corrected chi connectivity index (χ1v) is 5.31. The summed E-state index contributed by atoms with van der Waals surface area (Å²) < 4.78 is 5.28. The van der Waals surface area contributed by atoms with Crippen molar-refractivity contribution < 1.29 is 9.53 Å². The molecule has 2 bridgehead atoms. The Morgan fingerprint density at radius 2 is 1.93 bits per heavy atom. The second-order valence-electron chi connectivity index (χ2n) is 5.85. The molecule has 3 fully saturated rings. The van der Waals surface area contributed by atoms with Gasteiger partial charge in [-0.05, 0) is 51.4 Å². The van der Waals surface area contributed by atoms with Crippen LogP contribution in [-0.2, 0) is 9.53 Å². The molecule has 14 heavy (non-hydrogen) atoms. The molecule has 3 heteroatoms. The van der Waals surface area contributed by atoms with E-state index < -0.39 is 11.6 Å². The monoisotopic (exact) mass is 197 g/mol. The van der Waals surface area contributed by atoms with Gasteiger partial charge in [-0.1, -0.05) is 0 Å². The average molecular weight is 197 g/mol. The van der Waals surface area contributed by atoms with Gasteiger partial charge in [0, 0.05) is 0 Å². The van der Waals surface area contributed by atoms with Crippen molar-refractivity contribution in [1.29, 1.82) is 0 Å². The number of carbonyl (C=O) groups is 1. The molecule has 0 spiro atoms. The molecule has 0 unspecified atom stereocenters. The van der Waals surface area contributed by atoms with Crippen LogP contribution in [0.2, 0.25) is 0 Å². The summed E-state index contributed by atoms with van der Waals surface area (Å²) in [5.41, 5.74) is 5.63. The predicted octanol–water partition coefficient (Wildman–Crippen LogP) is 1.46. The van der Waals surface area contributed by atoms with Gasteiger partial charge in [0.1, 0.15) is 11.6 Å². The summed E-state index contributed by atoms with van der Waals surface area (Å²) in [7, 11) is 0. The minimum absolute atomic E-state index is 0.118. The van der Waals surface area contributed by atoms with Crippen LogP contribution in [0, 0.1) is 11.3 Å². The van der Waals surface area contributed by atoms with Gasteiger partial charge in [-0.3, -0.25) is 4.79 Å². The molecule has 2 N–H and O–H groups in total. The highest BCUT2D eigenvalue weighted by atomic mass is 16.6. The van der Waals surface area contributed by atoms with Crippen molar-refractivity contribution in [2.45, 2.75) is 51.7 Å². The summed E-state index contributed by atoms with van der Waals surface area (Å²) in [6.45, 7) is 5.62. The SMILES string of the molecule is CC(C)(C)OC(=O)[C@@H](N)C12CC(C1)C2. The van der Waals surface area contributed by atoms with E-state index in [0.29, 0.717) is 0 Å². The van der Waals surface area contributed by atoms with E-state index in [0.717, 1.165) is 25.2 Å². The third-order valence-electron chi connectivity index (χ3n) is 3.41. The molecule has 0 heterocycles. The molecule has 3 aliphatic carbocycles. The number of ether oxygens (including phenoxy) is 1. The van der Waals surface area contributed by atoms with E-state index >= 15 is 0 Å². The summed E-state index contributed by atoms with van der Waals surface area (Å²) in [5, 5.41) is 0. The number of hydrogen-bond acceptors (Lipinski definition) is 3. The van der Waals surface area contributed by atoms with Gasteiger partial charge in [0.2, 0.25) is 0 Å². The van der Waals surface area contributed by atoms with Crippen LogP contribution in [0.15, 0.2) is 0 Å². The lowest BCUT2D eigenvalue weighted by molar-refractivity contribution is -0.179. The lowest BCUT2D eigenvalue weighted by Crippen LogP contribution is -2.64. The van der Waals surface area contributed by atoms with Gasteiger partial charge in [0.05, 0.1) is 0 Å². The van der Waals surface area contributed by atoms with Crippen molar-refractivity contribution in [2.75, 3.05) is 0 Å². The molecule has 0 aliphatic heterocycles. The van der Waals surface area contributed by atoms with Crippen LogP contribution in [0.5, 0.6) is 0 Å². The van der Waals surface area contributed by atoms with Gasteiger partial charge in [0.15, 0.2) is 0 Å². The van der Waals surface area contributed by atoms with Crippen molar-refractivity contribution >= 4 is 5.97 Å². The fraction of sp³-hybridized carbons (Fsp3) is 0.909. The lowest BCUT2D eigenvalue weighted by atomic mass is 9.42. The Morgan fingerprint density at radius 3 is 2.21 bits per heavy atom. The highest BCUT2D eigenvalue weighted by Gasteiger charge is 2.61.